The first-order chi connectivity index (χ1) is 29.1. The van der Waals surface area contributed by atoms with Crippen molar-refractivity contribution in [3.63, 3.8) is 0 Å². The smallest absolute Gasteiger partial charge is 0.311 e. The summed E-state index contributed by atoms with van der Waals surface area (Å²) < 4.78 is 88.9. The van der Waals surface area contributed by atoms with Gasteiger partial charge in [-0.25, -0.2) is 0 Å². The zero-order valence-electron chi connectivity index (χ0n) is 31.8. The van der Waals surface area contributed by atoms with E-state index < -0.39 is 23.5 Å². The highest BCUT2D eigenvalue weighted by Gasteiger charge is 2.36. The summed E-state index contributed by atoms with van der Waals surface area (Å²) in [4.78, 5) is 4.14. The van der Waals surface area contributed by atoms with Gasteiger partial charge in [-0.05, 0) is 129 Å². The van der Waals surface area contributed by atoms with Gasteiger partial charge in [0.05, 0.1) is 11.1 Å². The highest BCUT2D eigenvalue weighted by atomic mass is 19.4. The molecule has 0 aliphatic heterocycles. The molecule has 0 N–H and O–H groups in total. The van der Waals surface area contributed by atoms with Crippen molar-refractivity contribution in [2.45, 2.75) is 12.4 Å². The van der Waals surface area contributed by atoms with Crippen LogP contribution in [-0.4, -0.2) is 0 Å². The van der Waals surface area contributed by atoms with Crippen LogP contribution in [0.2, 0.25) is 0 Å². The summed E-state index contributed by atoms with van der Waals surface area (Å²) in [6.07, 6.45) is -9.41. The minimum atomic E-state index is -4.71. The third-order valence-corrected chi connectivity index (χ3v) is 10.7. The molecule has 9 aromatic carbocycles. The van der Waals surface area contributed by atoms with E-state index in [1.165, 1.54) is 24.3 Å². The molecule has 0 spiro atoms. The molecule has 0 heterocycles. The fraction of sp³-hybridized carbons (Fsp3) is 0.0385. The third kappa shape index (κ3) is 7.11. The molecule has 0 amide bonds. The SMILES string of the molecule is FC(F)(F)c1ccccc1-c1c2ccccc2c(-c2ccccc2C(F)(F)F)c2cc(N(c3ccccc3)c3ccc(N(c4ccccc4)c4ccccc4)cc3)ccc12. The number of halogens is 6. The summed E-state index contributed by atoms with van der Waals surface area (Å²) in [5.41, 5.74) is 3.69. The van der Waals surface area contributed by atoms with E-state index >= 15 is 0 Å². The number of hydrogen-bond donors (Lipinski definition) is 0. The average molecular weight is 801 g/mol. The Labute approximate surface area is 342 Å². The summed E-state index contributed by atoms with van der Waals surface area (Å²) >= 11 is 0. The molecule has 9 rings (SSSR count). The molecule has 0 aromatic heterocycles. The Bertz CT molecular complexity index is 2910. The van der Waals surface area contributed by atoms with Crippen molar-refractivity contribution in [1.82, 2.24) is 0 Å². The fourth-order valence-electron chi connectivity index (χ4n) is 8.16. The van der Waals surface area contributed by atoms with Crippen molar-refractivity contribution in [1.29, 1.82) is 0 Å². The maximum atomic E-state index is 14.9. The van der Waals surface area contributed by atoms with Gasteiger partial charge >= 0.3 is 12.4 Å². The molecule has 0 saturated heterocycles. The zero-order chi connectivity index (χ0) is 41.4. The highest BCUT2D eigenvalue weighted by Crippen LogP contribution is 2.50. The Morgan fingerprint density at radius 2 is 0.567 bits per heavy atom. The lowest BCUT2D eigenvalue weighted by Crippen LogP contribution is -2.12. The first-order valence-corrected chi connectivity index (χ1v) is 19.2. The summed E-state index contributed by atoms with van der Waals surface area (Å²) in [5, 5.41) is 1.54. The monoisotopic (exact) mass is 800 g/mol. The molecule has 0 aliphatic rings. The van der Waals surface area contributed by atoms with E-state index in [0.717, 1.165) is 40.6 Å². The fourth-order valence-corrected chi connectivity index (χ4v) is 8.16. The lowest BCUT2D eigenvalue weighted by Gasteiger charge is -2.29. The normalized spacial score (nSPS) is 11.8. The molecule has 2 nitrogen and oxygen atoms in total. The summed E-state index contributed by atoms with van der Waals surface area (Å²) in [7, 11) is 0. The van der Waals surface area contributed by atoms with Crippen LogP contribution in [0.1, 0.15) is 11.1 Å². The van der Waals surface area contributed by atoms with E-state index in [-0.39, 0.29) is 22.3 Å². The summed E-state index contributed by atoms with van der Waals surface area (Å²) in [5.74, 6) is 0. The van der Waals surface area contributed by atoms with Crippen LogP contribution in [0, 0.1) is 0 Å². The van der Waals surface area contributed by atoms with E-state index in [2.05, 4.69) is 4.90 Å². The Kier molecular flexibility index (Phi) is 9.84. The molecule has 0 bridgehead atoms. The molecule has 0 atom stereocenters. The average Bonchev–Trinajstić information content (AvgIpc) is 3.27. The molecule has 60 heavy (non-hydrogen) atoms. The van der Waals surface area contributed by atoms with Gasteiger partial charge in [-0.3, -0.25) is 0 Å². The van der Waals surface area contributed by atoms with Gasteiger partial charge in [0.25, 0.3) is 0 Å². The number of anilines is 6. The minimum absolute atomic E-state index is 0.0634. The number of hydrogen-bond acceptors (Lipinski definition) is 2. The van der Waals surface area contributed by atoms with Gasteiger partial charge in [-0.1, -0.05) is 121 Å². The van der Waals surface area contributed by atoms with Crippen molar-refractivity contribution >= 4 is 55.7 Å². The van der Waals surface area contributed by atoms with Gasteiger partial charge in [0.1, 0.15) is 0 Å². The molecular weight excluding hydrogens is 767 g/mol. The number of rotatable bonds is 8. The van der Waals surface area contributed by atoms with Gasteiger partial charge < -0.3 is 9.80 Å². The van der Waals surface area contributed by atoms with Gasteiger partial charge in [0, 0.05) is 34.1 Å². The number of nitrogens with zero attached hydrogens (tertiary/aromatic N) is 2. The molecule has 0 radical (unpaired) electrons. The second-order valence-electron chi connectivity index (χ2n) is 14.3. The Morgan fingerprint density at radius 1 is 0.267 bits per heavy atom. The maximum Gasteiger partial charge on any atom is 0.417 e. The Morgan fingerprint density at radius 3 is 0.983 bits per heavy atom. The molecule has 0 saturated carbocycles. The Balaban J connectivity index is 1.31. The van der Waals surface area contributed by atoms with E-state index in [9.17, 15) is 26.3 Å². The van der Waals surface area contributed by atoms with Crippen LogP contribution in [0.3, 0.4) is 0 Å². The van der Waals surface area contributed by atoms with Crippen LogP contribution < -0.4 is 9.80 Å². The van der Waals surface area contributed by atoms with Crippen LogP contribution >= 0.6 is 0 Å². The molecule has 0 unspecified atom stereocenters. The Hall–Kier alpha value is -7.32. The minimum Gasteiger partial charge on any atom is -0.311 e. The van der Waals surface area contributed by atoms with Crippen molar-refractivity contribution < 1.29 is 26.3 Å². The topological polar surface area (TPSA) is 6.48 Å². The van der Waals surface area contributed by atoms with Crippen LogP contribution in [0.4, 0.5) is 60.5 Å². The predicted molar refractivity (Wildman–Crippen MR) is 232 cm³/mol. The van der Waals surface area contributed by atoms with Gasteiger partial charge in [0.2, 0.25) is 0 Å². The van der Waals surface area contributed by atoms with Crippen molar-refractivity contribution in [2.24, 2.45) is 0 Å². The first kappa shape index (κ1) is 38.2. The molecule has 8 heteroatoms. The van der Waals surface area contributed by atoms with E-state index in [4.69, 9.17) is 0 Å². The van der Waals surface area contributed by atoms with Crippen LogP contribution in [0.5, 0.6) is 0 Å². The second kappa shape index (κ2) is 15.5. The number of para-hydroxylation sites is 3. The maximum absolute atomic E-state index is 14.9. The van der Waals surface area contributed by atoms with Gasteiger partial charge in [-0.2, -0.15) is 26.3 Å². The zero-order valence-corrected chi connectivity index (χ0v) is 31.8. The second-order valence-corrected chi connectivity index (χ2v) is 14.3. The van der Waals surface area contributed by atoms with E-state index in [1.807, 2.05) is 126 Å². The third-order valence-electron chi connectivity index (χ3n) is 10.7. The quantitative estimate of drug-likeness (QED) is 0.112. The lowest BCUT2D eigenvalue weighted by atomic mass is 9.83. The number of alkyl halides is 6. The van der Waals surface area contributed by atoms with Crippen LogP contribution in [-0.2, 0) is 12.4 Å². The van der Waals surface area contributed by atoms with Gasteiger partial charge in [-0.15, -0.1) is 0 Å². The van der Waals surface area contributed by atoms with Crippen molar-refractivity contribution in [2.75, 3.05) is 9.80 Å². The molecule has 294 valence electrons. The molecular formula is C52H34F6N2. The highest BCUT2D eigenvalue weighted by molar-refractivity contribution is 6.22. The number of benzene rings is 9. The van der Waals surface area contributed by atoms with Crippen molar-refractivity contribution in [3.8, 4) is 22.3 Å². The van der Waals surface area contributed by atoms with E-state index in [0.29, 0.717) is 27.2 Å². The summed E-state index contributed by atoms with van der Waals surface area (Å²) in [6.45, 7) is 0. The lowest BCUT2D eigenvalue weighted by molar-refractivity contribution is -0.137. The molecule has 0 aliphatic carbocycles. The van der Waals surface area contributed by atoms with Crippen LogP contribution in [0.25, 0.3) is 43.8 Å². The van der Waals surface area contributed by atoms with Crippen LogP contribution in [0.15, 0.2) is 206 Å². The molecule has 9 aromatic rings. The first-order valence-electron chi connectivity index (χ1n) is 19.2. The van der Waals surface area contributed by atoms with Gasteiger partial charge in [0.15, 0.2) is 0 Å². The largest absolute Gasteiger partial charge is 0.417 e. The standard InChI is InChI=1S/C52H34F6N2/c53-51(54,55)47-26-14-12-24-44(47)49-41-22-10-11-23-42(41)50(45-25-13-15-27-48(45)52(56,57)58)46-34-40(32-33-43(46)49)60(37-20-8-3-9-21-37)39-30-28-38(29-31-39)59(35-16-4-1-5-17-35)36-18-6-2-7-19-36/h1-34H. The predicted octanol–water partition coefficient (Wildman–Crippen LogP) is 16.3. The summed E-state index contributed by atoms with van der Waals surface area (Å²) in [6, 6.07) is 60.3. The number of fused-ring (bicyclic) bond motifs is 2. The van der Waals surface area contributed by atoms with Crippen molar-refractivity contribution in [3.05, 3.63) is 217 Å². The molecule has 0 fully saturated rings. The van der Waals surface area contributed by atoms with E-state index in [1.54, 1.807) is 48.5 Å².